The summed E-state index contributed by atoms with van der Waals surface area (Å²) in [5.74, 6) is 2.21. The summed E-state index contributed by atoms with van der Waals surface area (Å²) in [6.45, 7) is 5.70. The highest BCUT2D eigenvalue weighted by Gasteiger charge is 2.60. The fourth-order valence-corrected chi connectivity index (χ4v) is 8.47. The summed E-state index contributed by atoms with van der Waals surface area (Å²) in [6, 6.07) is 20.5. The van der Waals surface area contributed by atoms with Crippen LogP contribution >= 0.6 is 0 Å². The molecule has 1 aliphatic heterocycles. The zero-order valence-electron chi connectivity index (χ0n) is 21.5. The molecule has 1 heterocycles. The van der Waals surface area contributed by atoms with Gasteiger partial charge >= 0.3 is 0 Å². The fraction of sp³-hybridized carbons (Fsp3) is 0.500. The monoisotopic (exact) mass is 482 g/mol. The first kappa shape index (κ1) is 23.5. The van der Waals surface area contributed by atoms with Crippen molar-refractivity contribution in [3.8, 4) is 0 Å². The van der Waals surface area contributed by atoms with Crippen molar-refractivity contribution in [3.63, 3.8) is 0 Å². The van der Waals surface area contributed by atoms with Gasteiger partial charge in [0.05, 0.1) is 6.04 Å². The van der Waals surface area contributed by atoms with Gasteiger partial charge in [-0.2, -0.15) is 0 Å². The third-order valence-corrected chi connectivity index (χ3v) is 10.5. The highest BCUT2D eigenvalue weighted by Crippen LogP contribution is 2.64. The number of piperidine rings is 1. The molecule has 0 spiro atoms. The number of rotatable bonds is 4. The molecule has 2 aromatic carbocycles. The van der Waals surface area contributed by atoms with E-state index in [0.717, 1.165) is 49.8 Å². The van der Waals surface area contributed by atoms with E-state index in [9.17, 15) is 9.59 Å². The SMILES string of the molecule is C[C@]12CC[C@H]3[C@@H](CNC4=CC(=O)CC[C@@]43C)[C@@H]1CC[C@@H]2C(=O)NC(c1ccccc1)c1ccccc1. The highest BCUT2D eigenvalue weighted by molar-refractivity contribution is 5.91. The van der Waals surface area contributed by atoms with Crippen LogP contribution in [-0.2, 0) is 9.59 Å². The lowest BCUT2D eigenvalue weighted by Crippen LogP contribution is -2.57. The minimum absolute atomic E-state index is 0.0208. The minimum atomic E-state index is -0.137. The number of benzene rings is 2. The Morgan fingerprint density at radius 2 is 1.58 bits per heavy atom. The zero-order chi connectivity index (χ0) is 24.9. The third-order valence-electron chi connectivity index (χ3n) is 10.5. The molecule has 1 amide bonds. The average Bonchev–Trinajstić information content (AvgIpc) is 3.26. The molecule has 6 rings (SSSR count). The van der Waals surface area contributed by atoms with Crippen molar-refractivity contribution < 1.29 is 9.59 Å². The first-order valence-corrected chi connectivity index (χ1v) is 13.8. The van der Waals surface area contributed by atoms with Gasteiger partial charge in [0, 0.05) is 36.1 Å². The van der Waals surface area contributed by atoms with Crippen LogP contribution in [0.5, 0.6) is 0 Å². The molecule has 2 aromatic rings. The number of hydrogen-bond acceptors (Lipinski definition) is 3. The van der Waals surface area contributed by atoms with E-state index in [1.54, 1.807) is 0 Å². The normalized spacial score (nSPS) is 35.2. The molecule has 6 atom stereocenters. The van der Waals surface area contributed by atoms with E-state index in [1.165, 1.54) is 5.70 Å². The number of carbonyl (C=O) groups is 2. The molecule has 0 unspecified atom stereocenters. The smallest absolute Gasteiger partial charge is 0.224 e. The summed E-state index contributed by atoms with van der Waals surface area (Å²) in [5.41, 5.74) is 3.51. The van der Waals surface area contributed by atoms with Crippen molar-refractivity contribution in [3.05, 3.63) is 83.6 Å². The Bertz CT molecular complexity index is 1140. The van der Waals surface area contributed by atoms with Crippen LogP contribution in [0, 0.1) is 34.5 Å². The van der Waals surface area contributed by atoms with Crippen molar-refractivity contribution in [2.75, 3.05) is 6.54 Å². The van der Waals surface area contributed by atoms with Gasteiger partial charge in [0.25, 0.3) is 0 Å². The Balaban J connectivity index is 1.24. The average molecular weight is 483 g/mol. The molecule has 2 N–H and O–H groups in total. The summed E-state index contributed by atoms with van der Waals surface area (Å²) in [7, 11) is 0. The van der Waals surface area contributed by atoms with Crippen LogP contribution in [-0.4, -0.2) is 18.2 Å². The van der Waals surface area contributed by atoms with E-state index >= 15 is 0 Å². The second kappa shape index (κ2) is 8.90. The second-order valence-electron chi connectivity index (χ2n) is 12.1. The molecule has 4 nitrogen and oxygen atoms in total. The predicted molar refractivity (Wildman–Crippen MR) is 142 cm³/mol. The largest absolute Gasteiger partial charge is 0.387 e. The number of fused-ring (bicyclic) bond motifs is 5. The second-order valence-corrected chi connectivity index (χ2v) is 12.1. The molecule has 1 saturated heterocycles. The van der Waals surface area contributed by atoms with Crippen molar-refractivity contribution >= 4 is 11.7 Å². The Hall–Kier alpha value is -2.88. The van der Waals surface area contributed by atoms with Gasteiger partial charge in [-0.05, 0) is 66.4 Å². The van der Waals surface area contributed by atoms with Gasteiger partial charge in [-0.15, -0.1) is 0 Å². The van der Waals surface area contributed by atoms with Crippen LogP contribution in [0.3, 0.4) is 0 Å². The summed E-state index contributed by atoms with van der Waals surface area (Å²) in [6.07, 6.45) is 7.82. The fourth-order valence-electron chi connectivity index (χ4n) is 8.47. The lowest BCUT2D eigenvalue weighted by atomic mass is 9.50. The quantitative estimate of drug-likeness (QED) is 0.578. The van der Waals surface area contributed by atoms with E-state index in [1.807, 2.05) is 42.5 Å². The molecule has 2 saturated carbocycles. The Kier molecular flexibility index (Phi) is 5.81. The maximum Gasteiger partial charge on any atom is 0.224 e. The molecular formula is C32H38N2O2. The maximum absolute atomic E-state index is 14.0. The standard InChI is InChI=1S/C32H38N2O2/c1-31-18-16-26-24(20-33-28-19-23(35)15-17-32(26,28)2)25(31)13-14-27(31)30(36)34-29(21-9-5-3-6-10-21)22-11-7-4-8-12-22/h3-12,19,24-27,29,33H,13-18,20H2,1-2H3,(H,34,36)/t24-,25-,26-,27+,31-,32+/m0/s1. The van der Waals surface area contributed by atoms with E-state index in [4.69, 9.17) is 0 Å². The van der Waals surface area contributed by atoms with Crippen LogP contribution in [0.2, 0.25) is 0 Å². The molecule has 3 aliphatic carbocycles. The number of nitrogens with one attached hydrogen (secondary N) is 2. The van der Waals surface area contributed by atoms with Crippen molar-refractivity contribution in [1.29, 1.82) is 0 Å². The zero-order valence-corrected chi connectivity index (χ0v) is 21.5. The molecule has 0 bridgehead atoms. The topological polar surface area (TPSA) is 58.2 Å². The van der Waals surface area contributed by atoms with Crippen LogP contribution in [0.15, 0.2) is 72.4 Å². The summed E-state index contributed by atoms with van der Waals surface area (Å²) >= 11 is 0. The molecule has 0 radical (unpaired) electrons. The Morgan fingerprint density at radius 3 is 2.25 bits per heavy atom. The number of hydrogen-bond donors (Lipinski definition) is 2. The summed E-state index contributed by atoms with van der Waals surface area (Å²) in [4.78, 5) is 26.1. The van der Waals surface area contributed by atoms with Crippen molar-refractivity contribution in [2.24, 2.45) is 34.5 Å². The van der Waals surface area contributed by atoms with E-state index in [0.29, 0.717) is 24.2 Å². The third kappa shape index (κ3) is 3.72. The molecule has 4 aliphatic rings. The van der Waals surface area contributed by atoms with E-state index in [2.05, 4.69) is 48.7 Å². The van der Waals surface area contributed by atoms with Crippen molar-refractivity contribution in [1.82, 2.24) is 10.6 Å². The van der Waals surface area contributed by atoms with Gasteiger partial charge in [-0.1, -0.05) is 74.5 Å². The summed E-state index contributed by atoms with van der Waals surface area (Å²) < 4.78 is 0. The van der Waals surface area contributed by atoms with Gasteiger partial charge in [-0.3, -0.25) is 9.59 Å². The van der Waals surface area contributed by atoms with Crippen LogP contribution in [0.1, 0.15) is 69.5 Å². The first-order chi connectivity index (χ1) is 17.4. The van der Waals surface area contributed by atoms with Gasteiger partial charge in [0.2, 0.25) is 5.91 Å². The lowest BCUT2D eigenvalue weighted by molar-refractivity contribution is -0.133. The lowest BCUT2D eigenvalue weighted by Gasteiger charge is -2.58. The molecule has 188 valence electrons. The number of amides is 1. The van der Waals surface area contributed by atoms with Gasteiger partial charge in [0.15, 0.2) is 5.78 Å². The Morgan fingerprint density at radius 1 is 0.917 bits per heavy atom. The molecule has 36 heavy (non-hydrogen) atoms. The van der Waals surface area contributed by atoms with Gasteiger partial charge in [-0.25, -0.2) is 0 Å². The van der Waals surface area contributed by atoms with E-state index < -0.39 is 0 Å². The molecule has 0 aromatic heterocycles. The van der Waals surface area contributed by atoms with Crippen LogP contribution in [0.4, 0.5) is 0 Å². The van der Waals surface area contributed by atoms with Gasteiger partial charge < -0.3 is 10.6 Å². The highest BCUT2D eigenvalue weighted by atomic mass is 16.2. The number of allylic oxidation sites excluding steroid dienone is 2. The predicted octanol–water partition coefficient (Wildman–Crippen LogP) is 5.81. The number of ketones is 1. The molecular weight excluding hydrogens is 444 g/mol. The first-order valence-electron chi connectivity index (χ1n) is 13.8. The van der Waals surface area contributed by atoms with E-state index in [-0.39, 0.29) is 34.5 Å². The van der Waals surface area contributed by atoms with Crippen molar-refractivity contribution in [2.45, 2.75) is 58.4 Å². The minimum Gasteiger partial charge on any atom is -0.387 e. The Labute approximate surface area is 214 Å². The molecule has 3 fully saturated rings. The molecule has 4 heteroatoms. The summed E-state index contributed by atoms with van der Waals surface area (Å²) in [5, 5.41) is 7.16. The number of carbonyl (C=O) groups excluding carboxylic acids is 2. The van der Waals surface area contributed by atoms with Gasteiger partial charge in [0.1, 0.15) is 0 Å². The van der Waals surface area contributed by atoms with Crippen LogP contribution in [0.25, 0.3) is 0 Å². The maximum atomic E-state index is 14.0. The van der Waals surface area contributed by atoms with Crippen LogP contribution < -0.4 is 10.6 Å².